The number of carbonyl (C=O) groups excluding carboxylic acids is 1. The van der Waals surface area contributed by atoms with Crippen LogP contribution in [0.1, 0.15) is 57.9 Å². The molecule has 0 spiro atoms. The Morgan fingerprint density at radius 3 is 2.39 bits per heavy atom. The minimum Gasteiger partial charge on any atom is -0.340 e. The van der Waals surface area contributed by atoms with E-state index in [2.05, 4.69) is 61.3 Å². The van der Waals surface area contributed by atoms with E-state index in [9.17, 15) is 4.79 Å². The van der Waals surface area contributed by atoms with Gasteiger partial charge in [-0.3, -0.25) is 4.79 Å². The van der Waals surface area contributed by atoms with E-state index in [0.29, 0.717) is 11.8 Å². The molecule has 3 nitrogen and oxygen atoms in total. The highest BCUT2D eigenvalue weighted by Crippen LogP contribution is 2.33. The number of nitrogens with one attached hydrogen (secondary N) is 1. The molecule has 0 radical (unpaired) electrons. The Hall–Kier alpha value is -1.35. The van der Waals surface area contributed by atoms with Crippen LogP contribution in [0.15, 0.2) is 30.3 Å². The molecule has 0 bridgehead atoms. The van der Waals surface area contributed by atoms with Crippen LogP contribution in [0.2, 0.25) is 0 Å². The quantitative estimate of drug-likeness (QED) is 0.921. The second-order valence-electron chi connectivity index (χ2n) is 8.32. The predicted molar refractivity (Wildman–Crippen MR) is 94.4 cm³/mol. The number of hydrogen-bond acceptors (Lipinski definition) is 2. The van der Waals surface area contributed by atoms with Crippen molar-refractivity contribution in [3.05, 3.63) is 35.9 Å². The van der Waals surface area contributed by atoms with Crippen LogP contribution in [0.3, 0.4) is 0 Å². The van der Waals surface area contributed by atoms with Gasteiger partial charge in [0.05, 0.1) is 6.04 Å². The highest BCUT2D eigenvalue weighted by atomic mass is 16.2. The Bertz CT molecular complexity index is 530. The molecule has 1 aliphatic carbocycles. The lowest BCUT2D eigenvalue weighted by atomic mass is 9.93. The predicted octanol–water partition coefficient (Wildman–Crippen LogP) is 3.56. The Morgan fingerprint density at radius 1 is 1.09 bits per heavy atom. The molecule has 2 fully saturated rings. The van der Waals surface area contributed by atoms with Gasteiger partial charge in [-0.1, -0.05) is 30.3 Å². The first-order valence-corrected chi connectivity index (χ1v) is 9.04. The van der Waals surface area contributed by atoms with E-state index < -0.39 is 0 Å². The first-order chi connectivity index (χ1) is 10.9. The fourth-order valence-electron chi connectivity index (χ4n) is 3.59. The summed E-state index contributed by atoms with van der Waals surface area (Å²) in [6.45, 7) is 8.26. The number of amides is 1. The lowest BCUT2D eigenvalue weighted by molar-refractivity contribution is -0.133. The monoisotopic (exact) mass is 314 g/mol. The van der Waals surface area contributed by atoms with Crippen molar-refractivity contribution in [2.45, 2.75) is 64.0 Å². The van der Waals surface area contributed by atoms with Gasteiger partial charge in [-0.25, -0.2) is 0 Å². The van der Waals surface area contributed by atoms with Gasteiger partial charge in [0, 0.05) is 24.5 Å². The highest BCUT2D eigenvalue weighted by Gasteiger charge is 2.36. The minimum atomic E-state index is -0.0394. The SMILES string of the molecule is CC(C)(C)N[C@@H]1CC[C@@H](c2ccccc2)CN(CC2CC2)C1=O. The average molecular weight is 314 g/mol. The third kappa shape index (κ3) is 4.57. The molecule has 1 N–H and O–H groups in total. The van der Waals surface area contributed by atoms with E-state index >= 15 is 0 Å². The molecule has 23 heavy (non-hydrogen) atoms. The molecule has 1 aliphatic heterocycles. The molecule has 1 saturated heterocycles. The maximum absolute atomic E-state index is 13.0. The Balaban J connectivity index is 1.78. The van der Waals surface area contributed by atoms with Crippen molar-refractivity contribution in [3.8, 4) is 0 Å². The Labute approximate surface area is 140 Å². The standard InChI is InChI=1S/C20H30N2O/c1-20(2,3)21-18-12-11-17(16-7-5-4-6-8-16)14-22(19(18)23)13-15-9-10-15/h4-8,15,17-18,21H,9-14H2,1-3H3/t17-,18-/m1/s1. The van der Waals surface area contributed by atoms with Gasteiger partial charge in [0.25, 0.3) is 0 Å². The number of rotatable bonds is 4. The fraction of sp³-hybridized carbons (Fsp3) is 0.650. The zero-order chi connectivity index (χ0) is 16.4. The van der Waals surface area contributed by atoms with Crippen LogP contribution >= 0.6 is 0 Å². The molecular formula is C20H30N2O. The van der Waals surface area contributed by atoms with Gasteiger partial charge in [-0.05, 0) is 57.9 Å². The number of carbonyl (C=O) groups is 1. The summed E-state index contributed by atoms with van der Waals surface area (Å²) in [6, 6.07) is 10.7. The van der Waals surface area contributed by atoms with Crippen LogP contribution in [-0.4, -0.2) is 35.5 Å². The molecule has 0 unspecified atom stereocenters. The summed E-state index contributed by atoms with van der Waals surface area (Å²) in [5.41, 5.74) is 1.34. The van der Waals surface area contributed by atoms with Gasteiger partial charge in [0.15, 0.2) is 0 Å². The maximum Gasteiger partial charge on any atom is 0.239 e. The molecule has 126 valence electrons. The van der Waals surface area contributed by atoms with Gasteiger partial charge in [0.1, 0.15) is 0 Å². The smallest absolute Gasteiger partial charge is 0.239 e. The van der Waals surface area contributed by atoms with Crippen LogP contribution in [-0.2, 0) is 4.79 Å². The average Bonchev–Trinajstić information content (AvgIpc) is 3.32. The minimum absolute atomic E-state index is 0.0296. The van der Waals surface area contributed by atoms with Gasteiger partial charge in [-0.15, -0.1) is 0 Å². The first-order valence-electron chi connectivity index (χ1n) is 9.04. The van der Waals surface area contributed by atoms with Gasteiger partial charge in [-0.2, -0.15) is 0 Å². The van der Waals surface area contributed by atoms with Gasteiger partial charge < -0.3 is 10.2 Å². The highest BCUT2D eigenvalue weighted by molar-refractivity contribution is 5.82. The molecule has 1 saturated carbocycles. The van der Waals surface area contributed by atoms with E-state index in [1.54, 1.807) is 0 Å². The molecular weight excluding hydrogens is 284 g/mol. The maximum atomic E-state index is 13.0. The zero-order valence-corrected chi connectivity index (χ0v) is 14.7. The summed E-state index contributed by atoms with van der Waals surface area (Å²) < 4.78 is 0. The molecule has 1 amide bonds. The summed E-state index contributed by atoms with van der Waals surface area (Å²) in [6.07, 6.45) is 4.58. The fourth-order valence-corrected chi connectivity index (χ4v) is 3.59. The molecule has 2 atom stereocenters. The first kappa shape index (κ1) is 16.5. The summed E-state index contributed by atoms with van der Waals surface area (Å²) in [5.74, 6) is 1.51. The zero-order valence-electron chi connectivity index (χ0n) is 14.7. The van der Waals surface area contributed by atoms with Gasteiger partial charge in [0.2, 0.25) is 5.91 Å². The topological polar surface area (TPSA) is 32.3 Å². The summed E-state index contributed by atoms with van der Waals surface area (Å²) >= 11 is 0. The number of likely N-dealkylation sites (tertiary alicyclic amines) is 1. The lowest BCUT2D eigenvalue weighted by Gasteiger charge is -2.30. The lowest BCUT2D eigenvalue weighted by Crippen LogP contribution is -2.52. The van der Waals surface area contributed by atoms with Crippen LogP contribution in [0.4, 0.5) is 0 Å². The van der Waals surface area contributed by atoms with E-state index in [-0.39, 0.29) is 11.6 Å². The van der Waals surface area contributed by atoms with Crippen LogP contribution in [0, 0.1) is 5.92 Å². The van der Waals surface area contributed by atoms with Crippen molar-refractivity contribution >= 4 is 5.91 Å². The van der Waals surface area contributed by atoms with E-state index in [0.717, 1.165) is 31.8 Å². The molecule has 1 aromatic rings. The van der Waals surface area contributed by atoms with Crippen LogP contribution in [0.25, 0.3) is 0 Å². The molecule has 1 heterocycles. The van der Waals surface area contributed by atoms with Gasteiger partial charge >= 0.3 is 0 Å². The number of nitrogens with zero attached hydrogens (tertiary/aromatic N) is 1. The second kappa shape index (κ2) is 6.64. The third-order valence-corrected chi connectivity index (χ3v) is 4.91. The largest absolute Gasteiger partial charge is 0.340 e. The van der Waals surface area contributed by atoms with E-state index in [1.165, 1.54) is 18.4 Å². The normalized spacial score (nSPS) is 26.2. The number of benzene rings is 1. The number of hydrogen-bond donors (Lipinski definition) is 1. The van der Waals surface area contributed by atoms with Crippen LogP contribution in [0.5, 0.6) is 0 Å². The molecule has 3 heteroatoms. The second-order valence-corrected chi connectivity index (χ2v) is 8.32. The Kier molecular flexibility index (Phi) is 4.77. The van der Waals surface area contributed by atoms with Crippen LogP contribution < -0.4 is 5.32 Å². The van der Waals surface area contributed by atoms with Crippen molar-refractivity contribution in [2.75, 3.05) is 13.1 Å². The van der Waals surface area contributed by atoms with Crippen molar-refractivity contribution in [1.82, 2.24) is 10.2 Å². The summed E-state index contributed by atoms with van der Waals surface area (Å²) in [7, 11) is 0. The molecule has 1 aromatic carbocycles. The summed E-state index contributed by atoms with van der Waals surface area (Å²) in [5, 5.41) is 3.55. The molecule has 3 rings (SSSR count). The van der Waals surface area contributed by atoms with Crippen molar-refractivity contribution in [2.24, 2.45) is 5.92 Å². The molecule has 2 aliphatic rings. The van der Waals surface area contributed by atoms with Crippen molar-refractivity contribution in [3.63, 3.8) is 0 Å². The Morgan fingerprint density at radius 2 is 1.78 bits per heavy atom. The van der Waals surface area contributed by atoms with E-state index in [4.69, 9.17) is 0 Å². The third-order valence-electron chi connectivity index (χ3n) is 4.91. The summed E-state index contributed by atoms with van der Waals surface area (Å²) in [4.78, 5) is 15.2. The molecule has 0 aromatic heterocycles. The van der Waals surface area contributed by atoms with E-state index in [1.807, 2.05) is 0 Å². The van der Waals surface area contributed by atoms with Crippen molar-refractivity contribution in [1.29, 1.82) is 0 Å². The van der Waals surface area contributed by atoms with Crippen molar-refractivity contribution < 1.29 is 4.79 Å².